The molecule has 0 bridgehead atoms. The number of nitrogens with one attached hydrogen (secondary N) is 1. The molecule has 4 heterocycles. The number of hydrogen-bond acceptors (Lipinski definition) is 7. The average molecular weight is 494 g/mol. The molecule has 1 N–H and O–H groups in total. The number of anilines is 1. The molecule has 3 aliphatic heterocycles. The summed E-state index contributed by atoms with van der Waals surface area (Å²) in [6, 6.07) is 9.58. The van der Waals surface area contributed by atoms with Gasteiger partial charge < -0.3 is 14.8 Å². The van der Waals surface area contributed by atoms with Gasteiger partial charge >= 0.3 is 0 Å². The van der Waals surface area contributed by atoms with Crippen molar-refractivity contribution >= 4 is 34.1 Å². The van der Waals surface area contributed by atoms with E-state index in [1.165, 1.54) is 12.0 Å². The van der Waals surface area contributed by atoms with Crippen molar-refractivity contribution in [2.24, 2.45) is 5.92 Å². The van der Waals surface area contributed by atoms with Gasteiger partial charge in [-0.3, -0.25) is 14.7 Å². The Morgan fingerprint density at radius 1 is 1.26 bits per heavy atom. The fraction of sp³-hybridized carbons (Fsp3) is 0.407. The lowest BCUT2D eigenvalue weighted by molar-refractivity contribution is 0.0681. The molecule has 1 aromatic heterocycles. The second kappa shape index (κ2) is 9.32. The molecule has 182 valence electrons. The van der Waals surface area contributed by atoms with Crippen LogP contribution in [0.1, 0.15) is 28.8 Å². The first-order valence-electron chi connectivity index (χ1n) is 12.2. The summed E-state index contributed by atoms with van der Waals surface area (Å²) >= 11 is 1.81. The number of likely N-dealkylation sites (tertiary alicyclic amines) is 1. The Kier molecular flexibility index (Phi) is 6.02. The van der Waals surface area contributed by atoms with E-state index in [2.05, 4.69) is 21.3 Å². The van der Waals surface area contributed by atoms with E-state index < -0.39 is 0 Å². The molecule has 0 radical (unpaired) electrons. The van der Waals surface area contributed by atoms with E-state index in [1.54, 1.807) is 18.3 Å². The second-order valence-electron chi connectivity index (χ2n) is 9.41. The smallest absolute Gasteiger partial charge is 0.174 e. The number of Topliss-reactive ketones (excluding diaryl/α,β-unsaturated/α-hetero) is 1. The van der Waals surface area contributed by atoms with Crippen molar-refractivity contribution in [2.75, 3.05) is 44.4 Å². The third-order valence-corrected chi connectivity index (χ3v) is 8.51. The molecule has 0 spiro atoms. The maximum Gasteiger partial charge on any atom is 0.174 e. The van der Waals surface area contributed by atoms with Crippen molar-refractivity contribution in [3.63, 3.8) is 0 Å². The van der Waals surface area contributed by atoms with Crippen LogP contribution in [0.15, 0.2) is 41.4 Å². The number of benzene rings is 2. The van der Waals surface area contributed by atoms with Crippen molar-refractivity contribution in [3.05, 3.63) is 53.5 Å². The van der Waals surface area contributed by atoms with Crippen LogP contribution < -0.4 is 14.8 Å². The molecule has 6 nitrogen and oxygen atoms in total. The third kappa shape index (κ3) is 4.12. The summed E-state index contributed by atoms with van der Waals surface area (Å²) in [5.41, 5.74) is 3.40. The minimum Gasteiger partial charge on any atom is -0.494 e. The number of ether oxygens (including phenoxy) is 2. The van der Waals surface area contributed by atoms with Gasteiger partial charge in [0.2, 0.25) is 0 Å². The normalized spacial score (nSPS) is 20.5. The summed E-state index contributed by atoms with van der Waals surface area (Å²) in [7, 11) is 1.47. The Bertz CT molecular complexity index is 1290. The topological polar surface area (TPSA) is 63.7 Å². The predicted octanol–water partition coefficient (Wildman–Crippen LogP) is 4.80. The van der Waals surface area contributed by atoms with Gasteiger partial charge in [-0.25, -0.2) is 4.39 Å². The number of ketones is 1. The molecule has 35 heavy (non-hydrogen) atoms. The minimum atomic E-state index is -0.388. The number of pyridine rings is 1. The number of hydrogen-bond donors (Lipinski definition) is 1. The van der Waals surface area contributed by atoms with Gasteiger partial charge in [0, 0.05) is 51.4 Å². The maximum atomic E-state index is 15.2. The van der Waals surface area contributed by atoms with Crippen molar-refractivity contribution in [2.45, 2.75) is 30.2 Å². The maximum absolute atomic E-state index is 15.2. The molecular formula is C27H28FN3O3S. The number of carbonyl (C=O) groups excluding carboxylic acids is 1. The third-order valence-electron chi connectivity index (χ3n) is 7.45. The van der Waals surface area contributed by atoms with E-state index in [-0.39, 0.29) is 29.3 Å². The highest BCUT2D eigenvalue weighted by molar-refractivity contribution is 7.99. The highest BCUT2D eigenvalue weighted by Gasteiger charge is 2.33. The summed E-state index contributed by atoms with van der Waals surface area (Å²) in [6.45, 7) is 3.16. The van der Waals surface area contributed by atoms with E-state index >= 15 is 4.39 Å². The lowest BCUT2D eigenvalue weighted by atomic mass is 9.87. The van der Waals surface area contributed by atoms with Gasteiger partial charge in [-0.15, -0.1) is 11.8 Å². The molecule has 2 aromatic carbocycles. The first kappa shape index (κ1) is 22.6. The van der Waals surface area contributed by atoms with Crippen molar-refractivity contribution in [3.8, 4) is 11.5 Å². The Morgan fingerprint density at radius 2 is 2.11 bits per heavy atom. The van der Waals surface area contributed by atoms with Crippen LogP contribution >= 0.6 is 11.8 Å². The van der Waals surface area contributed by atoms with Crippen molar-refractivity contribution < 1.29 is 18.7 Å². The lowest BCUT2D eigenvalue weighted by Crippen LogP contribution is -2.47. The molecule has 3 aromatic rings. The number of carbonyl (C=O) groups is 1. The first-order valence-corrected chi connectivity index (χ1v) is 13.2. The van der Waals surface area contributed by atoms with Crippen LogP contribution in [0.25, 0.3) is 10.9 Å². The number of halogens is 1. The lowest BCUT2D eigenvalue weighted by Gasteiger charge is -2.39. The van der Waals surface area contributed by atoms with Crippen LogP contribution in [0, 0.1) is 11.7 Å². The van der Waals surface area contributed by atoms with Gasteiger partial charge in [0.05, 0.1) is 18.8 Å². The largest absolute Gasteiger partial charge is 0.494 e. The van der Waals surface area contributed by atoms with Crippen LogP contribution in [0.2, 0.25) is 0 Å². The van der Waals surface area contributed by atoms with Crippen molar-refractivity contribution in [1.82, 2.24) is 9.88 Å². The van der Waals surface area contributed by atoms with Crippen LogP contribution in [0.3, 0.4) is 0 Å². The van der Waals surface area contributed by atoms with Gasteiger partial charge in [0.15, 0.2) is 17.3 Å². The van der Waals surface area contributed by atoms with E-state index in [1.807, 2.05) is 23.9 Å². The summed E-state index contributed by atoms with van der Waals surface area (Å²) in [5, 5.41) is 3.88. The molecule has 0 aliphatic carbocycles. The number of piperidine rings is 1. The molecule has 6 rings (SSSR count). The van der Waals surface area contributed by atoms with Crippen LogP contribution in [-0.2, 0) is 6.42 Å². The summed E-state index contributed by atoms with van der Waals surface area (Å²) in [5.74, 6) is 1.78. The number of aromatic nitrogens is 1. The van der Waals surface area contributed by atoms with Crippen LogP contribution in [0.5, 0.6) is 11.5 Å². The summed E-state index contributed by atoms with van der Waals surface area (Å²) < 4.78 is 26.4. The quantitative estimate of drug-likeness (QED) is 0.524. The van der Waals surface area contributed by atoms with E-state index in [0.717, 1.165) is 55.0 Å². The van der Waals surface area contributed by atoms with Crippen LogP contribution in [0.4, 0.5) is 10.1 Å². The zero-order chi connectivity index (χ0) is 23.9. The van der Waals surface area contributed by atoms with E-state index in [0.29, 0.717) is 29.7 Å². The zero-order valence-electron chi connectivity index (χ0n) is 19.7. The SMILES string of the molecule is COc1ccc2ncc3c(c2c1F)CC(N1CCC(C(=O)c2ccc4c(c2)SCCN4)CC1)CO3. The number of thioether (sulfide) groups is 1. The van der Waals surface area contributed by atoms with Crippen molar-refractivity contribution in [1.29, 1.82) is 0 Å². The number of nitrogens with zero attached hydrogens (tertiary/aromatic N) is 2. The monoisotopic (exact) mass is 493 g/mol. The highest BCUT2D eigenvalue weighted by atomic mass is 32.2. The van der Waals surface area contributed by atoms with Gasteiger partial charge in [-0.1, -0.05) is 0 Å². The molecular weight excluding hydrogens is 465 g/mol. The van der Waals surface area contributed by atoms with Gasteiger partial charge in [0.25, 0.3) is 0 Å². The Labute approximate surface area is 208 Å². The van der Waals surface area contributed by atoms with Gasteiger partial charge in [-0.2, -0.15) is 0 Å². The summed E-state index contributed by atoms with van der Waals surface area (Å²) in [6.07, 6.45) is 4.02. The molecule has 1 saturated heterocycles. The molecule has 3 aliphatic rings. The minimum absolute atomic E-state index is 0.0365. The summed E-state index contributed by atoms with van der Waals surface area (Å²) in [4.78, 5) is 21.2. The molecule has 8 heteroatoms. The Hall–Kier alpha value is -2.84. The molecule has 1 atom stereocenters. The molecule has 1 unspecified atom stereocenters. The number of methoxy groups -OCH3 is 1. The number of fused-ring (bicyclic) bond motifs is 4. The number of rotatable bonds is 4. The van der Waals surface area contributed by atoms with Crippen LogP contribution in [-0.4, -0.2) is 60.8 Å². The fourth-order valence-electron chi connectivity index (χ4n) is 5.52. The van der Waals surface area contributed by atoms with E-state index in [9.17, 15) is 4.79 Å². The Morgan fingerprint density at radius 3 is 2.94 bits per heavy atom. The molecule has 1 fully saturated rings. The highest BCUT2D eigenvalue weighted by Crippen LogP contribution is 2.37. The second-order valence-corrected chi connectivity index (χ2v) is 10.5. The first-order chi connectivity index (χ1) is 17.1. The average Bonchev–Trinajstić information content (AvgIpc) is 2.92. The predicted molar refractivity (Wildman–Crippen MR) is 136 cm³/mol. The molecule has 0 amide bonds. The Balaban J connectivity index is 1.16. The zero-order valence-corrected chi connectivity index (χ0v) is 20.5. The molecule has 0 saturated carbocycles. The van der Waals surface area contributed by atoms with Gasteiger partial charge in [0.1, 0.15) is 12.4 Å². The standard InChI is InChI=1S/C27H28FN3O3S/c1-33-22-5-4-21-25(26(22)28)19-13-18(15-34-23(19)14-30-21)31-9-6-16(7-10-31)27(32)17-2-3-20-24(12-17)35-11-8-29-20/h2-5,12,14,16,18,29H,6-11,13,15H2,1H3. The van der Waals surface area contributed by atoms with Gasteiger partial charge in [-0.05, 0) is 62.7 Å². The fourth-order valence-corrected chi connectivity index (χ4v) is 6.45. The van der Waals surface area contributed by atoms with E-state index in [4.69, 9.17) is 9.47 Å².